The first-order chi connectivity index (χ1) is 12.3. The number of carbonyl (C=O) groups is 1. The molecule has 0 amide bonds. The van der Waals surface area contributed by atoms with E-state index in [4.69, 9.17) is 10.5 Å². The van der Waals surface area contributed by atoms with Crippen molar-refractivity contribution < 1.29 is 22.7 Å². The Morgan fingerprint density at radius 1 is 1.12 bits per heavy atom. The fourth-order valence-corrected chi connectivity index (χ4v) is 3.14. The van der Waals surface area contributed by atoms with Crippen LogP contribution in [-0.2, 0) is 11.0 Å². The number of nitrogens with zero attached hydrogens (tertiary/aromatic N) is 1. The highest BCUT2D eigenvalue weighted by atomic mass is 19.4. The molecule has 1 aliphatic rings. The molecule has 0 fully saturated rings. The van der Waals surface area contributed by atoms with E-state index in [9.17, 15) is 18.0 Å². The van der Waals surface area contributed by atoms with Gasteiger partial charge in [-0.05, 0) is 23.8 Å². The number of rotatable bonds is 3. The summed E-state index contributed by atoms with van der Waals surface area (Å²) in [5, 5.41) is 0. The van der Waals surface area contributed by atoms with Gasteiger partial charge in [-0.15, -0.1) is 0 Å². The van der Waals surface area contributed by atoms with Crippen LogP contribution in [0, 0.1) is 0 Å². The van der Waals surface area contributed by atoms with Crippen molar-refractivity contribution in [1.82, 2.24) is 4.90 Å². The van der Waals surface area contributed by atoms with Crippen LogP contribution in [0.2, 0.25) is 0 Å². The van der Waals surface area contributed by atoms with Crippen LogP contribution in [0.15, 0.2) is 54.4 Å². The van der Waals surface area contributed by atoms with Gasteiger partial charge in [0.25, 0.3) is 0 Å². The van der Waals surface area contributed by atoms with Crippen molar-refractivity contribution in [1.29, 1.82) is 0 Å². The number of halogens is 3. The molecule has 0 radical (unpaired) electrons. The van der Waals surface area contributed by atoms with Gasteiger partial charge < -0.3 is 15.4 Å². The number of hydrogen-bond acceptors (Lipinski definition) is 4. The molecule has 1 atom stereocenters. The van der Waals surface area contributed by atoms with Crippen LogP contribution in [0.25, 0.3) is 5.57 Å². The second kappa shape index (κ2) is 6.40. The summed E-state index contributed by atoms with van der Waals surface area (Å²) in [4.78, 5) is 14.6. The Morgan fingerprint density at radius 2 is 1.81 bits per heavy atom. The summed E-state index contributed by atoms with van der Waals surface area (Å²) >= 11 is 0. The molecule has 136 valence electrons. The normalized spacial score (nSPS) is 17.8. The Bertz CT molecular complexity index is 890. The van der Waals surface area contributed by atoms with Crippen LogP contribution < -0.4 is 10.5 Å². The fourth-order valence-electron chi connectivity index (χ4n) is 3.14. The van der Waals surface area contributed by atoms with Crippen LogP contribution in [0.5, 0.6) is 5.75 Å². The second-order valence-corrected chi connectivity index (χ2v) is 5.96. The smallest absolute Gasteiger partial charge is 0.416 e. The minimum absolute atomic E-state index is 0.0782. The molecule has 0 aromatic heterocycles. The molecule has 1 unspecified atom stereocenters. The van der Waals surface area contributed by atoms with Crippen molar-refractivity contribution >= 4 is 11.4 Å². The summed E-state index contributed by atoms with van der Waals surface area (Å²) in [6.45, 7) is 0. The van der Waals surface area contributed by atoms with Crippen molar-refractivity contribution in [3.63, 3.8) is 0 Å². The van der Waals surface area contributed by atoms with Gasteiger partial charge in [0.2, 0.25) is 0 Å². The molecular weight excluding hydrogens is 345 g/mol. The van der Waals surface area contributed by atoms with Crippen LogP contribution in [0.1, 0.15) is 22.7 Å². The number of benzene rings is 2. The number of nitrogens with two attached hydrogens (primary N) is 1. The molecule has 0 saturated carbocycles. The predicted octanol–water partition coefficient (Wildman–Crippen LogP) is 3.60. The van der Waals surface area contributed by atoms with Crippen molar-refractivity contribution in [3.05, 3.63) is 71.0 Å². The third kappa shape index (κ3) is 2.89. The Morgan fingerprint density at radius 3 is 2.46 bits per heavy atom. The van der Waals surface area contributed by atoms with E-state index in [0.717, 1.165) is 12.1 Å². The maximum Gasteiger partial charge on any atom is 0.416 e. The summed E-state index contributed by atoms with van der Waals surface area (Å²) in [6.07, 6.45) is -4.50. The zero-order chi connectivity index (χ0) is 19.1. The first-order valence-electron chi connectivity index (χ1n) is 7.83. The van der Waals surface area contributed by atoms with E-state index in [-0.39, 0.29) is 22.7 Å². The maximum atomic E-state index is 13.0. The molecule has 0 aliphatic carbocycles. The van der Waals surface area contributed by atoms with Gasteiger partial charge in [0.1, 0.15) is 17.6 Å². The molecule has 3 rings (SSSR count). The number of methoxy groups -OCH3 is 1. The van der Waals surface area contributed by atoms with E-state index < -0.39 is 17.8 Å². The zero-order valence-electron chi connectivity index (χ0n) is 14.2. The SMILES string of the molecule is COc1ccccc1C1C(=O)C(c2cccc(C(F)(F)F)c2)=C(N)N1C. The highest BCUT2D eigenvalue weighted by Gasteiger charge is 2.40. The molecule has 4 nitrogen and oxygen atoms in total. The first-order valence-corrected chi connectivity index (χ1v) is 7.83. The van der Waals surface area contributed by atoms with Crippen LogP contribution in [0.3, 0.4) is 0 Å². The van der Waals surface area contributed by atoms with E-state index in [1.807, 2.05) is 0 Å². The Balaban J connectivity index is 2.07. The summed E-state index contributed by atoms with van der Waals surface area (Å²) < 4.78 is 44.3. The first kappa shape index (κ1) is 17.8. The molecule has 1 heterocycles. The van der Waals surface area contributed by atoms with Crippen LogP contribution in [-0.4, -0.2) is 24.8 Å². The number of carbonyl (C=O) groups excluding carboxylic acids is 1. The molecule has 2 N–H and O–H groups in total. The number of Topliss-reactive ketones (excluding diaryl/α,β-unsaturated/α-hetero) is 1. The number of alkyl halides is 3. The van der Waals surface area contributed by atoms with Crippen molar-refractivity contribution in [2.75, 3.05) is 14.2 Å². The third-order valence-electron chi connectivity index (χ3n) is 4.43. The topological polar surface area (TPSA) is 55.6 Å². The Hall–Kier alpha value is -2.96. The van der Waals surface area contributed by atoms with Gasteiger partial charge in [0.05, 0.1) is 18.2 Å². The van der Waals surface area contributed by atoms with Gasteiger partial charge in [-0.2, -0.15) is 13.2 Å². The number of ether oxygens (including phenoxy) is 1. The molecule has 2 aromatic rings. The highest BCUT2D eigenvalue weighted by Crippen LogP contribution is 2.41. The average Bonchev–Trinajstić information content (AvgIpc) is 2.83. The number of ketones is 1. The van der Waals surface area contributed by atoms with E-state index in [0.29, 0.717) is 11.3 Å². The Labute approximate surface area is 148 Å². The van der Waals surface area contributed by atoms with Gasteiger partial charge in [-0.1, -0.05) is 30.3 Å². The van der Waals surface area contributed by atoms with E-state index in [2.05, 4.69) is 0 Å². The molecule has 0 bridgehead atoms. The minimum Gasteiger partial charge on any atom is -0.496 e. The quantitative estimate of drug-likeness (QED) is 0.907. The lowest BCUT2D eigenvalue weighted by Gasteiger charge is -2.23. The van der Waals surface area contributed by atoms with Crippen LogP contribution in [0.4, 0.5) is 13.2 Å². The van der Waals surface area contributed by atoms with E-state index >= 15 is 0 Å². The number of hydrogen-bond donors (Lipinski definition) is 1. The lowest BCUT2D eigenvalue weighted by Crippen LogP contribution is -2.26. The van der Waals surface area contributed by atoms with Gasteiger partial charge in [0, 0.05) is 12.6 Å². The lowest BCUT2D eigenvalue weighted by molar-refractivity contribution is -0.137. The van der Waals surface area contributed by atoms with E-state index in [1.165, 1.54) is 19.2 Å². The van der Waals surface area contributed by atoms with Gasteiger partial charge in [0.15, 0.2) is 5.78 Å². The monoisotopic (exact) mass is 362 g/mol. The van der Waals surface area contributed by atoms with E-state index in [1.54, 1.807) is 36.2 Å². The molecule has 2 aromatic carbocycles. The van der Waals surface area contributed by atoms with Gasteiger partial charge >= 0.3 is 6.18 Å². The molecule has 0 saturated heterocycles. The molecule has 26 heavy (non-hydrogen) atoms. The summed E-state index contributed by atoms with van der Waals surface area (Å²) in [5.41, 5.74) is 6.09. The molecule has 1 aliphatic heterocycles. The highest BCUT2D eigenvalue weighted by molar-refractivity contribution is 6.26. The summed E-state index contributed by atoms with van der Waals surface area (Å²) in [7, 11) is 3.12. The van der Waals surface area contributed by atoms with Crippen molar-refractivity contribution in [2.45, 2.75) is 12.2 Å². The lowest BCUT2D eigenvalue weighted by atomic mass is 9.95. The molecule has 0 spiro atoms. The van der Waals surface area contributed by atoms with Crippen LogP contribution >= 0.6 is 0 Å². The average molecular weight is 362 g/mol. The fraction of sp³-hybridized carbons (Fsp3) is 0.211. The van der Waals surface area contributed by atoms with Gasteiger partial charge in [-0.3, -0.25) is 4.79 Å². The standard InChI is InChI=1S/C19H17F3N2O2/c1-24-16(13-8-3-4-9-14(13)26-2)17(25)15(18(24)23)11-6-5-7-12(10-11)19(20,21)22/h3-10,16H,23H2,1-2H3. The van der Waals surface area contributed by atoms with Gasteiger partial charge in [-0.25, -0.2) is 0 Å². The zero-order valence-corrected chi connectivity index (χ0v) is 14.2. The number of likely N-dealkylation sites (N-methyl/N-ethyl adjacent to an activating group) is 1. The largest absolute Gasteiger partial charge is 0.496 e. The molecular formula is C19H17F3N2O2. The Kier molecular flexibility index (Phi) is 4.39. The molecule has 7 heteroatoms. The van der Waals surface area contributed by atoms with Crippen molar-refractivity contribution in [3.8, 4) is 5.75 Å². The second-order valence-electron chi connectivity index (χ2n) is 5.96. The predicted molar refractivity (Wildman–Crippen MR) is 91.1 cm³/mol. The van der Waals surface area contributed by atoms with Crippen molar-refractivity contribution in [2.24, 2.45) is 5.73 Å². The third-order valence-corrected chi connectivity index (χ3v) is 4.43. The number of para-hydroxylation sites is 1. The minimum atomic E-state index is -4.50. The maximum absolute atomic E-state index is 13.0. The summed E-state index contributed by atoms with van der Waals surface area (Å²) in [5.74, 6) is 0.273. The summed E-state index contributed by atoms with van der Waals surface area (Å²) in [6, 6.07) is 10.9.